The maximum absolute atomic E-state index is 12.8. The number of rotatable bonds is 5. The highest BCUT2D eigenvalue weighted by molar-refractivity contribution is 6.35. The minimum Gasteiger partial charge on any atom is -0.349 e. The minimum absolute atomic E-state index is 0.0262. The van der Waals surface area contributed by atoms with Crippen molar-refractivity contribution >= 4 is 29.1 Å². The number of hydrogen-bond donors (Lipinski definition) is 1. The molecule has 3 nitrogen and oxygen atoms in total. The van der Waals surface area contributed by atoms with Crippen LogP contribution in [0.1, 0.15) is 48.1 Å². The van der Waals surface area contributed by atoms with Crippen molar-refractivity contribution in [1.29, 1.82) is 0 Å². The van der Waals surface area contributed by atoms with Crippen LogP contribution in [0, 0.1) is 19.8 Å². The maximum Gasteiger partial charge on any atom is 0.223 e. The average molecular weight is 419 g/mol. The molecule has 1 saturated heterocycles. The van der Waals surface area contributed by atoms with Gasteiger partial charge in [-0.2, -0.15) is 0 Å². The molecule has 1 aliphatic heterocycles. The lowest BCUT2D eigenvalue weighted by molar-refractivity contribution is -0.127. The number of nitrogens with zero attached hydrogens (tertiary/aromatic N) is 1. The first-order valence-electron chi connectivity index (χ1n) is 9.87. The van der Waals surface area contributed by atoms with Crippen molar-refractivity contribution in [2.75, 3.05) is 13.1 Å². The summed E-state index contributed by atoms with van der Waals surface area (Å²) in [6.45, 7) is 8.84. The summed E-state index contributed by atoms with van der Waals surface area (Å²) in [5.41, 5.74) is 4.71. The van der Waals surface area contributed by atoms with Crippen molar-refractivity contribution < 1.29 is 4.79 Å². The van der Waals surface area contributed by atoms with Crippen molar-refractivity contribution in [2.24, 2.45) is 5.92 Å². The fourth-order valence-electron chi connectivity index (χ4n) is 3.88. The van der Waals surface area contributed by atoms with Crippen LogP contribution in [0.2, 0.25) is 10.0 Å². The summed E-state index contributed by atoms with van der Waals surface area (Å²) in [5.74, 6) is 0.238. The standard InChI is InChI=1S/C23H28Cl2N2O/c1-15-4-5-16(2)21(12-15)17(3)26-23(28)18-8-10-27(11-9-18)14-19-6-7-20(24)13-22(19)25/h4-7,12-13,17-18H,8-11,14H2,1-3H3,(H,26,28)/t17-/m0/s1. The van der Waals surface area contributed by atoms with E-state index in [2.05, 4.69) is 49.2 Å². The third-order valence-electron chi connectivity index (χ3n) is 5.63. The molecule has 1 fully saturated rings. The summed E-state index contributed by atoms with van der Waals surface area (Å²) < 4.78 is 0. The monoisotopic (exact) mass is 418 g/mol. The third-order valence-corrected chi connectivity index (χ3v) is 6.21. The molecule has 0 saturated carbocycles. The third kappa shape index (κ3) is 5.28. The SMILES string of the molecule is Cc1ccc(C)c([C@H](C)NC(=O)C2CCN(Cc3ccc(Cl)cc3Cl)CC2)c1. The number of carbonyl (C=O) groups is 1. The van der Waals surface area contributed by atoms with Crippen molar-refractivity contribution in [3.8, 4) is 0 Å². The molecule has 0 aromatic heterocycles. The van der Waals surface area contributed by atoms with Gasteiger partial charge in [-0.15, -0.1) is 0 Å². The molecular weight excluding hydrogens is 391 g/mol. The molecule has 3 rings (SSSR count). The number of nitrogens with one attached hydrogen (secondary N) is 1. The topological polar surface area (TPSA) is 32.3 Å². The summed E-state index contributed by atoms with van der Waals surface area (Å²) in [4.78, 5) is 15.1. The number of carbonyl (C=O) groups excluding carboxylic acids is 1. The van der Waals surface area contributed by atoms with Gasteiger partial charge in [-0.05, 0) is 75.5 Å². The van der Waals surface area contributed by atoms with Crippen LogP contribution in [0.5, 0.6) is 0 Å². The van der Waals surface area contributed by atoms with E-state index in [-0.39, 0.29) is 17.9 Å². The smallest absolute Gasteiger partial charge is 0.223 e. The lowest BCUT2D eigenvalue weighted by Gasteiger charge is -2.32. The zero-order valence-electron chi connectivity index (χ0n) is 16.8. The number of likely N-dealkylation sites (tertiary alicyclic amines) is 1. The van der Waals surface area contributed by atoms with Crippen LogP contribution in [-0.4, -0.2) is 23.9 Å². The summed E-state index contributed by atoms with van der Waals surface area (Å²) in [5, 5.41) is 4.58. The summed E-state index contributed by atoms with van der Waals surface area (Å²) in [6, 6.07) is 12.1. The Morgan fingerprint density at radius 2 is 1.86 bits per heavy atom. The van der Waals surface area contributed by atoms with Gasteiger partial charge in [-0.25, -0.2) is 0 Å². The second-order valence-electron chi connectivity index (χ2n) is 7.88. The molecule has 2 aromatic rings. The van der Waals surface area contributed by atoms with E-state index in [0.29, 0.717) is 10.0 Å². The Labute approximate surface area is 178 Å². The highest BCUT2D eigenvalue weighted by atomic mass is 35.5. The van der Waals surface area contributed by atoms with E-state index in [1.807, 2.05) is 12.1 Å². The molecule has 1 atom stereocenters. The van der Waals surface area contributed by atoms with E-state index in [1.54, 1.807) is 6.07 Å². The Morgan fingerprint density at radius 3 is 2.54 bits per heavy atom. The van der Waals surface area contributed by atoms with Crippen LogP contribution < -0.4 is 5.32 Å². The summed E-state index contributed by atoms with van der Waals surface area (Å²) in [7, 11) is 0. The van der Waals surface area contributed by atoms with Gasteiger partial charge in [-0.3, -0.25) is 9.69 Å². The maximum atomic E-state index is 12.8. The van der Waals surface area contributed by atoms with Crippen molar-refractivity contribution in [3.63, 3.8) is 0 Å². The summed E-state index contributed by atoms with van der Waals surface area (Å²) in [6.07, 6.45) is 1.74. The van der Waals surface area contributed by atoms with Crippen LogP contribution in [0.15, 0.2) is 36.4 Å². The molecule has 1 heterocycles. The quantitative estimate of drug-likeness (QED) is 0.674. The second kappa shape index (κ2) is 9.30. The Morgan fingerprint density at radius 1 is 1.14 bits per heavy atom. The zero-order valence-corrected chi connectivity index (χ0v) is 18.3. The van der Waals surface area contributed by atoms with Crippen LogP contribution in [0.25, 0.3) is 0 Å². The predicted octanol–water partition coefficient (Wildman–Crippen LogP) is 5.70. The molecule has 2 aromatic carbocycles. The Balaban J connectivity index is 1.52. The van der Waals surface area contributed by atoms with Gasteiger partial charge < -0.3 is 5.32 Å². The number of aryl methyl sites for hydroxylation is 2. The molecule has 0 aliphatic carbocycles. The van der Waals surface area contributed by atoms with Gasteiger partial charge in [0.1, 0.15) is 0 Å². The molecule has 0 bridgehead atoms. The molecule has 5 heteroatoms. The second-order valence-corrected chi connectivity index (χ2v) is 8.72. The largest absolute Gasteiger partial charge is 0.349 e. The number of benzene rings is 2. The highest BCUT2D eigenvalue weighted by Gasteiger charge is 2.26. The van der Waals surface area contributed by atoms with Gasteiger partial charge >= 0.3 is 0 Å². The Hall–Kier alpha value is -1.55. The van der Waals surface area contributed by atoms with Gasteiger partial charge in [-0.1, -0.05) is 53.0 Å². The van der Waals surface area contributed by atoms with Gasteiger partial charge in [0, 0.05) is 22.5 Å². The fourth-order valence-corrected chi connectivity index (χ4v) is 4.35. The van der Waals surface area contributed by atoms with Crippen molar-refractivity contribution in [3.05, 3.63) is 68.7 Å². The molecule has 1 amide bonds. The van der Waals surface area contributed by atoms with Crippen LogP contribution in [0.3, 0.4) is 0 Å². The van der Waals surface area contributed by atoms with Crippen LogP contribution in [-0.2, 0) is 11.3 Å². The molecule has 28 heavy (non-hydrogen) atoms. The first-order chi connectivity index (χ1) is 13.3. The van der Waals surface area contributed by atoms with E-state index in [0.717, 1.165) is 38.0 Å². The molecule has 0 radical (unpaired) electrons. The number of hydrogen-bond acceptors (Lipinski definition) is 2. The molecule has 1 aliphatic rings. The van der Waals surface area contributed by atoms with E-state index in [4.69, 9.17) is 23.2 Å². The Bertz CT molecular complexity index is 844. The van der Waals surface area contributed by atoms with Gasteiger partial charge in [0.05, 0.1) is 6.04 Å². The zero-order chi connectivity index (χ0) is 20.3. The average Bonchev–Trinajstić information content (AvgIpc) is 2.66. The van der Waals surface area contributed by atoms with E-state index in [9.17, 15) is 4.79 Å². The van der Waals surface area contributed by atoms with E-state index in [1.165, 1.54) is 16.7 Å². The Kier molecular flexibility index (Phi) is 7.03. The van der Waals surface area contributed by atoms with Gasteiger partial charge in [0.2, 0.25) is 5.91 Å². The predicted molar refractivity (Wildman–Crippen MR) is 117 cm³/mol. The molecule has 150 valence electrons. The van der Waals surface area contributed by atoms with Gasteiger partial charge in [0.25, 0.3) is 0 Å². The van der Waals surface area contributed by atoms with E-state index >= 15 is 0 Å². The normalized spacial score (nSPS) is 16.8. The lowest BCUT2D eigenvalue weighted by Crippen LogP contribution is -2.41. The number of piperidine rings is 1. The van der Waals surface area contributed by atoms with Gasteiger partial charge in [0.15, 0.2) is 0 Å². The van der Waals surface area contributed by atoms with E-state index < -0.39 is 0 Å². The molecule has 0 unspecified atom stereocenters. The minimum atomic E-state index is 0.0262. The first-order valence-corrected chi connectivity index (χ1v) is 10.6. The first kappa shape index (κ1) is 21.2. The van der Waals surface area contributed by atoms with Crippen LogP contribution in [0.4, 0.5) is 0 Å². The highest BCUT2D eigenvalue weighted by Crippen LogP contribution is 2.26. The van der Waals surface area contributed by atoms with Crippen LogP contribution >= 0.6 is 23.2 Å². The number of halogens is 2. The lowest BCUT2D eigenvalue weighted by atomic mass is 9.94. The molecule has 1 N–H and O–H groups in total. The number of amides is 1. The summed E-state index contributed by atoms with van der Waals surface area (Å²) >= 11 is 12.3. The van der Waals surface area contributed by atoms with Crippen molar-refractivity contribution in [2.45, 2.75) is 46.2 Å². The fraction of sp³-hybridized carbons (Fsp3) is 0.435. The molecular formula is C23H28Cl2N2O. The molecule has 0 spiro atoms. The van der Waals surface area contributed by atoms with Crippen molar-refractivity contribution in [1.82, 2.24) is 10.2 Å².